The quantitative estimate of drug-likeness (QED) is 0.277. The molecule has 2 heterocycles. The smallest absolute Gasteiger partial charge is 0.196 e. The summed E-state index contributed by atoms with van der Waals surface area (Å²) in [5.41, 5.74) is 5.44. The molecule has 0 spiro atoms. The normalized spacial score (nSPS) is 10.7. The van der Waals surface area contributed by atoms with Gasteiger partial charge in [0.1, 0.15) is 5.75 Å². The lowest BCUT2D eigenvalue weighted by atomic mass is 10.1. The third kappa shape index (κ3) is 4.98. The first kappa shape index (κ1) is 21.6. The van der Waals surface area contributed by atoms with Gasteiger partial charge in [-0.1, -0.05) is 30.0 Å². The van der Waals surface area contributed by atoms with Crippen LogP contribution in [0.25, 0.3) is 17.1 Å². The van der Waals surface area contributed by atoms with Crippen LogP contribution in [0.3, 0.4) is 0 Å². The van der Waals surface area contributed by atoms with E-state index in [1.54, 1.807) is 24.2 Å². The zero-order chi connectivity index (χ0) is 22.3. The number of rotatable bonds is 8. The Morgan fingerprint density at radius 1 is 0.969 bits per heavy atom. The predicted molar refractivity (Wildman–Crippen MR) is 126 cm³/mol. The van der Waals surface area contributed by atoms with Crippen molar-refractivity contribution in [2.24, 2.45) is 0 Å². The van der Waals surface area contributed by atoms with Crippen molar-refractivity contribution in [3.63, 3.8) is 0 Å². The molecule has 0 saturated heterocycles. The molecule has 32 heavy (non-hydrogen) atoms. The van der Waals surface area contributed by atoms with Crippen LogP contribution in [-0.2, 0) is 6.42 Å². The summed E-state index contributed by atoms with van der Waals surface area (Å²) in [6.45, 7) is 4.75. The molecule has 0 N–H and O–H groups in total. The summed E-state index contributed by atoms with van der Waals surface area (Å²) in [6, 6.07) is 20.0. The lowest BCUT2D eigenvalue weighted by Gasteiger charge is -2.12. The molecular formula is C25H23N5OS. The molecule has 6 nitrogen and oxygen atoms in total. The van der Waals surface area contributed by atoms with E-state index in [0.717, 1.165) is 39.3 Å². The Labute approximate surface area is 191 Å². The second-order valence-corrected chi connectivity index (χ2v) is 8.38. The molecule has 0 aliphatic heterocycles. The number of pyridine rings is 1. The average Bonchev–Trinajstić information content (AvgIpc) is 3.24. The SMILES string of the molecule is Cc1ccc(-n2c(SCCOc3ccc(CC#N)cc3)nnc2-c2ccncc2)cc1C. The molecule has 2 aromatic heterocycles. The average molecular weight is 442 g/mol. The maximum atomic E-state index is 8.78. The van der Waals surface area contributed by atoms with Crippen LogP contribution in [0.15, 0.2) is 72.1 Å². The summed E-state index contributed by atoms with van der Waals surface area (Å²) in [4.78, 5) is 4.12. The second-order valence-electron chi connectivity index (χ2n) is 7.32. The van der Waals surface area contributed by atoms with Crippen molar-refractivity contribution < 1.29 is 4.74 Å². The topological polar surface area (TPSA) is 76.6 Å². The van der Waals surface area contributed by atoms with Crippen molar-refractivity contribution in [1.82, 2.24) is 19.7 Å². The largest absolute Gasteiger partial charge is 0.493 e. The molecule has 2 aromatic carbocycles. The Morgan fingerprint density at radius 3 is 2.47 bits per heavy atom. The van der Waals surface area contributed by atoms with Crippen molar-refractivity contribution in [3.05, 3.63) is 83.7 Å². The third-order valence-corrected chi connectivity index (χ3v) is 6.00. The first-order valence-electron chi connectivity index (χ1n) is 10.3. The molecule has 0 atom stereocenters. The number of hydrogen-bond donors (Lipinski definition) is 0. The van der Waals surface area contributed by atoms with Crippen molar-refractivity contribution >= 4 is 11.8 Å². The van der Waals surface area contributed by atoms with Gasteiger partial charge in [0, 0.05) is 23.7 Å². The van der Waals surface area contributed by atoms with Gasteiger partial charge >= 0.3 is 0 Å². The Morgan fingerprint density at radius 2 is 1.75 bits per heavy atom. The van der Waals surface area contributed by atoms with Crippen molar-refractivity contribution in [3.8, 4) is 28.9 Å². The molecule has 4 aromatic rings. The molecule has 160 valence electrons. The highest BCUT2D eigenvalue weighted by Gasteiger charge is 2.16. The summed E-state index contributed by atoms with van der Waals surface area (Å²) in [5.74, 6) is 2.30. The second kappa shape index (κ2) is 10.1. The number of aromatic nitrogens is 4. The minimum absolute atomic E-state index is 0.407. The summed E-state index contributed by atoms with van der Waals surface area (Å²) < 4.78 is 7.95. The van der Waals surface area contributed by atoms with Crippen LogP contribution in [-0.4, -0.2) is 32.1 Å². The van der Waals surface area contributed by atoms with Gasteiger partial charge in [0.15, 0.2) is 11.0 Å². The van der Waals surface area contributed by atoms with Crippen LogP contribution in [0, 0.1) is 25.2 Å². The van der Waals surface area contributed by atoms with Gasteiger partial charge in [-0.15, -0.1) is 10.2 Å². The van der Waals surface area contributed by atoms with Gasteiger partial charge in [0.2, 0.25) is 0 Å². The number of thioether (sulfide) groups is 1. The van der Waals surface area contributed by atoms with E-state index in [4.69, 9.17) is 10.00 Å². The number of ether oxygens (including phenoxy) is 1. The van der Waals surface area contributed by atoms with Crippen molar-refractivity contribution in [2.75, 3.05) is 12.4 Å². The van der Waals surface area contributed by atoms with Gasteiger partial charge in [-0.05, 0) is 66.9 Å². The van der Waals surface area contributed by atoms with E-state index in [0.29, 0.717) is 13.0 Å². The van der Waals surface area contributed by atoms with Gasteiger partial charge in [0.25, 0.3) is 0 Å². The monoisotopic (exact) mass is 441 g/mol. The van der Waals surface area contributed by atoms with E-state index in [9.17, 15) is 0 Å². The van der Waals surface area contributed by atoms with Gasteiger partial charge in [-0.2, -0.15) is 5.26 Å². The fourth-order valence-electron chi connectivity index (χ4n) is 3.24. The Hall–Kier alpha value is -3.63. The van der Waals surface area contributed by atoms with Crippen molar-refractivity contribution in [2.45, 2.75) is 25.4 Å². The number of aryl methyl sites for hydroxylation is 2. The fraction of sp³-hybridized carbons (Fsp3) is 0.200. The lowest BCUT2D eigenvalue weighted by Crippen LogP contribution is -2.04. The Bertz CT molecular complexity index is 1230. The van der Waals surface area contributed by atoms with Gasteiger partial charge < -0.3 is 4.74 Å². The van der Waals surface area contributed by atoms with Crippen molar-refractivity contribution in [1.29, 1.82) is 5.26 Å². The van der Waals surface area contributed by atoms with E-state index >= 15 is 0 Å². The zero-order valence-corrected chi connectivity index (χ0v) is 18.8. The fourth-order valence-corrected chi connectivity index (χ4v) is 4.00. The number of hydrogen-bond acceptors (Lipinski definition) is 6. The van der Waals surface area contributed by atoms with Crippen LogP contribution >= 0.6 is 11.8 Å². The molecule has 0 saturated carbocycles. The van der Waals surface area contributed by atoms with Gasteiger partial charge in [0.05, 0.1) is 24.8 Å². The molecule has 0 unspecified atom stereocenters. The molecular weight excluding hydrogens is 418 g/mol. The molecule has 0 radical (unpaired) electrons. The zero-order valence-electron chi connectivity index (χ0n) is 18.0. The highest BCUT2D eigenvalue weighted by Crippen LogP contribution is 2.28. The predicted octanol–water partition coefficient (Wildman–Crippen LogP) is 5.18. The summed E-state index contributed by atoms with van der Waals surface area (Å²) in [5, 5.41) is 18.5. The van der Waals surface area contributed by atoms with Crippen LogP contribution in [0.1, 0.15) is 16.7 Å². The first-order valence-corrected chi connectivity index (χ1v) is 11.3. The summed E-state index contributed by atoms with van der Waals surface area (Å²) in [7, 11) is 0. The highest BCUT2D eigenvalue weighted by molar-refractivity contribution is 7.99. The Balaban J connectivity index is 1.51. The summed E-state index contributed by atoms with van der Waals surface area (Å²) in [6.07, 6.45) is 3.93. The number of benzene rings is 2. The van der Waals surface area contributed by atoms with Crippen LogP contribution in [0.2, 0.25) is 0 Å². The van der Waals surface area contributed by atoms with E-state index < -0.39 is 0 Å². The molecule has 0 aliphatic carbocycles. The minimum atomic E-state index is 0.407. The lowest BCUT2D eigenvalue weighted by molar-refractivity contribution is 0.344. The molecule has 0 aliphatic rings. The van der Waals surface area contributed by atoms with E-state index in [1.807, 2.05) is 36.4 Å². The molecule has 0 bridgehead atoms. The standard InChI is InChI=1S/C25H23N5OS/c1-18-3-6-22(17-19(18)2)30-24(21-10-13-27-14-11-21)28-29-25(30)32-16-15-31-23-7-4-20(5-8-23)9-12-26/h3-8,10-11,13-14,17H,9,15-16H2,1-2H3. The highest BCUT2D eigenvalue weighted by atomic mass is 32.2. The van der Waals surface area contributed by atoms with Gasteiger partial charge in [-0.3, -0.25) is 9.55 Å². The van der Waals surface area contributed by atoms with E-state index in [-0.39, 0.29) is 0 Å². The molecule has 7 heteroatoms. The summed E-state index contributed by atoms with van der Waals surface area (Å²) >= 11 is 1.60. The molecule has 0 amide bonds. The van der Waals surface area contributed by atoms with E-state index in [1.165, 1.54) is 11.1 Å². The molecule has 4 rings (SSSR count). The first-order chi connectivity index (χ1) is 15.7. The van der Waals surface area contributed by atoms with Crippen LogP contribution in [0.4, 0.5) is 0 Å². The van der Waals surface area contributed by atoms with Crippen LogP contribution < -0.4 is 4.74 Å². The number of nitriles is 1. The molecule has 0 fully saturated rings. The van der Waals surface area contributed by atoms with E-state index in [2.05, 4.69) is 57.9 Å². The maximum absolute atomic E-state index is 8.78. The third-order valence-electron chi connectivity index (χ3n) is 5.11. The van der Waals surface area contributed by atoms with Crippen LogP contribution in [0.5, 0.6) is 5.75 Å². The Kier molecular flexibility index (Phi) is 6.83. The minimum Gasteiger partial charge on any atom is -0.493 e. The number of nitrogens with zero attached hydrogens (tertiary/aromatic N) is 5. The maximum Gasteiger partial charge on any atom is 0.196 e. The van der Waals surface area contributed by atoms with Gasteiger partial charge in [-0.25, -0.2) is 0 Å².